The van der Waals surface area contributed by atoms with Gasteiger partial charge in [0.15, 0.2) is 9.84 Å². The number of ether oxygens (including phenoxy) is 1. The number of rotatable bonds is 3. The highest BCUT2D eigenvalue weighted by Gasteiger charge is 2.49. The van der Waals surface area contributed by atoms with E-state index in [1.54, 1.807) is 39.2 Å². The Bertz CT molecular complexity index is 983. The van der Waals surface area contributed by atoms with Crippen LogP contribution in [-0.4, -0.2) is 41.8 Å². The van der Waals surface area contributed by atoms with Crippen molar-refractivity contribution in [3.05, 3.63) is 28.4 Å². The van der Waals surface area contributed by atoms with Gasteiger partial charge in [0, 0.05) is 22.8 Å². The van der Waals surface area contributed by atoms with Gasteiger partial charge in [-0.1, -0.05) is 11.6 Å². The molecule has 0 aliphatic carbocycles. The van der Waals surface area contributed by atoms with E-state index in [0.29, 0.717) is 9.90 Å². The van der Waals surface area contributed by atoms with Crippen LogP contribution in [0.5, 0.6) is 6.01 Å². The van der Waals surface area contributed by atoms with Gasteiger partial charge < -0.3 is 10.5 Å². The second-order valence-electron chi connectivity index (χ2n) is 6.79. The quantitative estimate of drug-likeness (QED) is 0.827. The van der Waals surface area contributed by atoms with Crippen molar-refractivity contribution in [1.29, 1.82) is 0 Å². The van der Waals surface area contributed by atoms with Gasteiger partial charge in [-0.15, -0.1) is 11.3 Å². The number of thiophene rings is 1. The number of halogens is 1. The summed E-state index contributed by atoms with van der Waals surface area (Å²) in [7, 11) is -2.01. The van der Waals surface area contributed by atoms with Crippen molar-refractivity contribution in [3.8, 4) is 16.5 Å². The first kappa shape index (κ1) is 19.1. The normalized spacial score (nSPS) is 24.1. The molecule has 0 saturated carbocycles. The van der Waals surface area contributed by atoms with Gasteiger partial charge in [-0.05, 0) is 26.8 Å². The Labute approximate surface area is 161 Å². The minimum absolute atomic E-state index is 0.0880. The van der Waals surface area contributed by atoms with Crippen molar-refractivity contribution in [2.75, 3.05) is 12.9 Å². The molecule has 3 rings (SSSR count). The molecular formula is C16H19ClN4O3S2. The lowest BCUT2D eigenvalue weighted by atomic mass is 10.0. The summed E-state index contributed by atoms with van der Waals surface area (Å²) in [6.45, 7) is 4.87. The number of sulfone groups is 1. The Hall–Kier alpha value is -1.71. The molecule has 0 amide bonds. The Morgan fingerprint density at radius 2 is 1.88 bits per heavy atom. The van der Waals surface area contributed by atoms with Gasteiger partial charge in [-0.3, -0.25) is 4.99 Å². The highest BCUT2D eigenvalue weighted by atomic mass is 35.5. The first-order valence-electron chi connectivity index (χ1n) is 7.74. The number of aromatic nitrogens is 2. The summed E-state index contributed by atoms with van der Waals surface area (Å²) >= 11 is 7.78. The van der Waals surface area contributed by atoms with E-state index in [-0.39, 0.29) is 17.6 Å². The lowest BCUT2D eigenvalue weighted by Crippen LogP contribution is -2.54. The third kappa shape index (κ3) is 2.97. The zero-order valence-corrected chi connectivity index (χ0v) is 17.2. The molecule has 2 N–H and O–H groups in total. The molecule has 26 heavy (non-hydrogen) atoms. The van der Waals surface area contributed by atoms with E-state index in [2.05, 4.69) is 15.0 Å². The van der Waals surface area contributed by atoms with E-state index in [4.69, 9.17) is 22.1 Å². The zero-order chi connectivity index (χ0) is 19.3. The van der Waals surface area contributed by atoms with Crippen molar-refractivity contribution in [1.82, 2.24) is 9.97 Å². The third-order valence-corrected chi connectivity index (χ3v) is 9.06. The zero-order valence-electron chi connectivity index (χ0n) is 14.8. The Kier molecular flexibility index (Phi) is 4.53. The predicted octanol–water partition coefficient (Wildman–Crippen LogP) is 2.65. The summed E-state index contributed by atoms with van der Waals surface area (Å²) in [5.74, 6) is -0.0722. The molecule has 1 unspecified atom stereocenters. The first-order chi connectivity index (χ1) is 12.0. The van der Waals surface area contributed by atoms with Crippen LogP contribution in [0.1, 0.15) is 25.6 Å². The number of methoxy groups -OCH3 is 1. The molecule has 2 aromatic rings. The van der Waals surface area contributed by atoms with Gasteiger partial charge in [0.2, 0.25) is 0 Å². The minimum atomic E-state index is -3.50. The van der Waals surface area contributed by atoms with E-state index < -0.39 is 20.1 Å². The van der Waals surface area contributed by atoms with Crippen LogP contribution in [0.15, 0.2) is 23.5 Å². The number of hydrogen-bond acceptors (Lipinski definition) is 8. The van der Waals surface area contributed by atoms with Crippen LogP contribution in [-0.2, 0) is 15.4 Å². The van der Waals surface area contributed by atoms with Crippen LogP contribution < -0.4 is 10.5 Å². The Morgan fingerprint density at radius 3 is 2.42 bits per heavy atom. The number of hydrogen-bond donors (Lipinski definition) is 1. The topological polar surface area (TPSA) is 108 Å². The highest BCUT2D eigenvalue weighted by molar-refractivity contribution is 7.93. The highest BCUT2D eigenvalue weighted by Crippen LogP contribution is 2.45. The molecule has 0 bridgehead atoms. The average molecular weight is 415 g/mol. The van der Waals surface area contributed by atoms with E-state index in [1.807, 2.05) is 0 Å². The number of amidine groups is 1. The van der Waals surface area contributed by atoms with Crippen molar-refractivity contribution in [2.24, 2.45) is 10.7 Å². The fourth-order valence-corrected chi connectivity index (χ4v) is 6.06. The van der Waals surface area contributed by atoms with Gasteiger partial charge >= 0.3 is 6.01 Å². The van der Waals surface area contributed by atoms with Crippen molar-refractivity contribution < 1.29 is 13.2 Å². The number of nitrogens with zero attached hydrogens (tertiary/aromatic N) is 3. The third-order valence-electron chi connectivity index (χ3n) is 4.50. The summed E-state index contributed by atoms with van der Waals surface area (Å²) in [5.41, 5.74) is 5.72. The van der Waals surface area contributed by atoms with E-state index >= 15 is 0 Å². The van der Waals surface area contributed by atoms with Gasteiger partial charge in [-0.2, -0.15) is 0 Å². The molecule has 1 atom stereocenters. The molecule has 2 aromatic heterocycles. The van der Waals surface area contributed by atoms with Crippen molar-refractivity contribution in [2.45, 2.75) is 31.1 Å². The maximum Gasteiger partial charge on any atom is 0.316 e. The molecule has 0 spiro atoms. The molecule has 1 aliphatic rings. The predicted molar refractivity (Wildman–Crippen MR) is 104 cm³/mol. The molecule has 0 fully saturated rings. The monoisotopic (exact) mass is 414 g/mol. The molecular weight excluding hydrogens is 396 g/mol. The van der Waals surface area contributed by atoms with Gasteiger partial charge in [0.1, 0.15) is 16.1 Å². The van der Waals surface area contributed by atoms with Crippen LogP contribution in [0.4, 0.5) is 0 Å². The van der Waals surface area contributed by atoms with Crippen molar-refractivity contribution in [3.63, 3.8) is 0 Å². The molecule has 7 nitrogen and oxygen atoms in total. The van der Waals surface area contributed by atoms with E-state index in [0.717, 1.165) is 10.4 Å². The molecule has 0 radical (unpaired) electrons. The molecule has 10 heteroatoms. The molecule has 0 aromatic carbocycles. The fourth-order valence-electron chi connectivity index (χ4n) is 2.69. The van der Waals surface area contributed by atoms with E-state index in [1.165, 1.54) is 18.4 Å². The standard InChI is InChI=1S/C16H19ClN4O3S2/c1-15(2)13(18)21-16(3,8-26(15,22)23)12-10(17)5-11(25-12)9-6-19-14(24-4)20-7-9/h5-7H,8H2,1-4H3,(H2,18,21). The van der Waals surface area contributed by atoms with Crippen LogP contribution in [0.3, 0.4) is 0 Å². The largest absolute Gasteiger partial charge is 0.467 e. The Balaban J connectivity index is 2.07. The Morgan fingerprint density at radius 1 is 1.27 bits per heavy atom. The maximum absolute atomic E-state index is 12.7. The van der Waals surface area contributed by atoms with Crippen molar-refractivity contribution >= 4 is 38.6 Å². The maximum atomic E-state index is 12.7. The van der Waals surface area contributed by atoms with Gasteiger partial charge in [0.25, 0.3) is 0 Å². The van der Waals surface area contributed by atoms with Crippen LogP contribution in [0, 0.1) is 0 Å². The molecule has 140 valence electrons. The average Bonchev–Trinajstić information content (AvgIpc) is 2.95. The molecule has 1 aliphatic heterocycles. The summed E-state index contributed by atoms with van der Waals surface area (Å²) in [6.07, 6.45) is 3.25. The second-order valence-corrected chi connectivity index (χ2v) is 10.8. The summed E-state index contributed by atoms with van der Waals surface area (Å²) in [4.78, 5) is 14.1. The number of aliphatic imine (C=N–C) groups is 1. The second kappa shape index (κ2) is 6.17. The van der Waals surface area contributed by atoms with Crippen LogP contribution in [0.2, 0.25) is 5.02 Å². The summed E-state index contributed by atoms with van der Waals surface area (Å²) in [5, 5.41) is 0.440. The fraction of sp³-hybridized carbons (Fsp3) is 0.438. The SMILES string of the molecule is COc1ncc(-c2cc(Cl)c(C3(C)CS(=O)(=O)C(C)(C)C(N)=N3)s2)cn1. The summed E-state index contributed by atoms with van der Waals surface area (Å²) in [6, 6.07) is 2.03. The molecule has 3 heterocycles. The molecule has 0 saturated heterocycles. The lowest BCUT2D eigenvalue weighted by molar-refractivity contribution is 0.380. The lowest BCUT2D eigenvalue weighted by Gasteiger charge is -2.37. The smallest absolute Gasteiger partial charge is 0.316 e. The summed E-state index contributed by atoms with van der Waals surface area (Å²) < 4.78 is 29.2. The van der Waals surface area contributed by atoms with Crippen LogP contribution >= 0.6 is 22.9 Å². The number of nitrogens with two attached hydrogens (primary N) is 1. The van der Waals surface area contributed by atoms with Gasteiger partial charge in [0.05, 0.1) is 22.8 Å². The van der Waals surface area contributed by atoms with Crippen LogP contribution in [0.25, 0.3) is 10.4 Å². The van der Waals surface area contributed by atoms with E-state index in [9.17, 15) is 8.42 Å². The van der Waals surface area contributed by atoms with Gasteiger partial charge in [-0.25, -0.2) is 18.4 Å². The first-order valence-corrected chi connectivity index (χ1v) is 10.6. The minimum Gasteiger partial charge on any atom is -0.467 e.